The van der Waals surface area contributed by atoms with Gasteiger partial charge in [-0.15, -0.1) is 0 Å². The van der Waals surface area contributed by atoms with Crippen molar-refractivity contribution in [3.05, 3.63) is 70.2 Å². The van der Waals surface area contributed by atoms with E-state index in [1.165, 1.54) is 17.7 Å². The van der Waals surface area contributed by atoms with E-state index in [0.29, 0.717) is 12.1 Å². The van der Waals surface area contributed by atoms with Crippen molar-refractivity contribution in [2.45, 2.75) is 25.4 Å². The molecule has 1 heterocycles. The molecule has 4 heteroatoms. The highest BCUT2D eigenvalue weighted by molar-refractivity contribution is 6.30. The average Bonchev–Trinajstić information content (AvgIpc) is 2.86. The van der Waals surface area contributed by atoms with Gasteiger partial charge in [0.05, 0.1) is 0 Å². The molecule has 0 aromatic heterocycles. The third-order valence-electron chi connectivity index (χ3n) is 3.93. The number of nitrogens with zero attached hydrogens (tertiary/aromatic N) is 1. The van der Waals surface area contributed by atoms with Crippen LogP contribution in [-0.4, -0.2) is 11.4 Å². The minimum atomic E-state index is -0.521. The summed E-state index contributed by atoms with van der Waals surface area (Å²) in [5.41, 5.74) is 1.88. The molecule has 1 aliphatic heterocycles. The highest BCUT2D eigenvalue weighted by Gasteiger charge is 2.26. The van der Waals surface area contributed by atoms with Crippen molar-refractivity contribution in [1.82, 2.24) is 4.90 Å². The molecular weight excluding hydrogens is 292 g/mol. The molecule has 1 atom stereocenters. The zero-order valence-corrected chi connectivity index (χ0v) is 12.3. The van der Waals surface area contributed by atoms with E-state index in [4.69, 9.17) is 11.6 Å². The van der Waals surface area contributed by atoms with Crippen LogP contribution in [0, 0.1) is 11.6 Å². The summed E-state index contributed by atoms with van der Waals surface area (Å²) in [6, 6.07) is 11.8. The van der Waals surface area contributed by atoms with Crippen LogP contribution >= 0.6 is 11.6 Å². The number of benzene rings is 2. The van der Waals surface area contributed by atoms with Gasteiger partial charge in [-0.1, -0.05) is 23.7 Å². The summed E-state index contributed by atoms with van der Waals surface area (Å²) in [4.78, 5) is 2.26. The van der Waals surface area contributed by atoms with Gasteiger partial charge in [0.1, 0.15) is 11.6 Å². The van der Waals surface area contributed by atoms with E-state index < -0.39 is 11.6 Å². The predicted molar refractivity (Wildman–Crippen MR) is 80.2 cm³/mol. The second-order valence-corrected chi connectivity index (χ2v) is 5.89. The van der Waals surface area contributed by atoms with E-state index in [2.05, 4.69) is 4.90 Å². The van der Waals surface area contributed by atoms with Gasteiger partial charge in [-0.25, -0.2) is 8.78 Å². The molecule has 1 nitrogen and oxygen atoms in total. The van der Waals surface area contributed by atoms with E-state index in [1.807, 2.05) is 24.3 Å². The molecule has 0 spiro atoms. The van der Waals surface area contributed by atoms with Crippen LogP contribution in [-0.2, 0) is 6.54 Å². The van der Waals surface area contributed by atoms with E-state index >= 15 is 0 Å². The lowest BCUT2D eigenvalue weighted by Gasteiger charge is -2.25. The molecule has 0 aliphatic carbocycles. The third kappa shape index (κ3) is 3.42. The summed E-state index contributed by atoms with van der Waals surface area (Å²) in [5.74, 6) is -1.04. The standard InChI is InChI=1S/C17H16ClF2N/c18-14-5-3-13(4-6-14)17-2-1-7-21(17)11-12-8-15(19)10-16(20)9-12/h3-6,8-10,17H,1-2,7,11H2. The Kier molecular flexibility index (Phi) is 4.22. The number of hydrogen-bond donors (Lipinski definition) is 0. The monoisotopic (exact) mass is 307 g/mol. The summed E-state index contributed by atoms with van der Waals surface area (Å²) >= 11 is 5.92. The molecule has 0 bridgehead atoms. The first kappa shape index (κ1) is 14.5. The average molecular weight is 308 g/mol. The Morgan fingerprint density at radius 2 is 1.71 bits per heavy atom. The summed E-state index contributed by atoms with van der Waals surface area (Å²) < 4.78 is 26.6. The first-order valence-corrected chi connectivity index (χ1v) is 7.44. The van der Waals surface area contributed by atoms with E-state index in [1.54, 1.807) is 0 Å². The minimum absolute atomic E-state index is 0.286. The molecule has 3 rings (SSSR count). The second-order valence-electron chi connectivity index (χ2n) is 5.46. The normalized spacial score (nSPS) is 19.1. The fourth-order valence-corrected chi connectivity index (χ4v) is 3.14. The molecule has 1 unspecified atom stereocenters. The molecule has 0 N–H and O–H groups in total. The topological polar surface area (TPSA) is 3.24 Å². The molecular formula is C17H16ClF2N. The Labute approximate surface area is 128 Å². The largest absolute Gasteiger partial charge is 0.292 e. The van der Waals surface area contributed by atoms with Gasteiger partial charge in [0.2, 0.25) is 0 Å². The van der Waals surface area contributed by atoms with Crippen LogP contribution in [0.25, 0.3) is 0 Å². The van der Waals surface area contributed by atoms with Gasteiger partial charge in [-0.3, -0.25) is 4.90 Å². The maximum atomic E-state index is 13.3. The Morgan fingerprint density at radius 1 is 1.05 bits per heavy atom. The molecule has 0 saturated carbocycles. The second kappa shape index (κ2) is 6.12. The lowest BCUT2D eigenvalue weighted by Crippen LogP contribution is -2.22. The van der Waals surface area contributed by atoms with Gasteiger partial charge < -0.3 is 0 Å². The van der Waals surface area contributed by atoms with Gasteiger partial charge in [0.15, 0.2) is 0 Å². The first-order valence-electron chi connectivity index (χ1n) is 7.06. The van der Waals surface area contributed by atoms with Crippen molar-refractivity contribution >= 4 is 11.6 Å². The van der Waals surface area contributed by atoms with Crippen molar-refractivity contribution < 1.29 is 8.78 Å². The van der Waals surface area contributed by atoms with Crippen LogP contribution in [0.3, 0.4) is 0 Å². The van der Waals surface area contributed by atoms with Crippen molar-refractivity contribution in [1.29, 1.82) is 0 Å². The molecule has 0 amide bonds. The predicted octanol–water partition coefficient (Wildman–Crippen LogP) is 4.96. The molecule has 0 radical (unpaired) electrons. The molecule has 110 valence electrons. The SMILES string of the molecule is Fc1cc(F)cc(CN2CCCC2c2ccc(Cl)cc2)c1. The summed E-state index contributed by atoms with van der Waals surface area (Å²) in [7, 11) is 0. The maximum Gasteiger partial charge on any atom is 0.126 e. The number of halogens is 3. The summed E-state index contributed by atoms with van der Waals surface area (Å²) in [5, 5.41) is 0.718. The number of rotatable bonds is 3. The lowest BCUT2D eigenvalue weighted by atomic mass is 10.0. The van der Waals surface area contributed by atoms with Gasteiger partial charge >= 0.3 is 0 Å². The fraction of sp³-hybridized carbons (Fsp3) is 0.294. The maximum absolute atomic E-state index is 13.3. The molecule has 2 aromatic rings. The molecule has 1 saturated heterocycles. The van der Waals surface area contributed by atoms with Crippen molar-refractivity contribution in [3.8, 4) is 0 Å². The fourth-order valence-electron chi connectivity index (χ4n) is 3.01. The van der Waals surface area contributed by atoms with Crippen molar-refractivity contribution in [2.24, 2.45) is 0 Å². The van der Waals surface area contributed by atoms with Gasteiger partial charge in [-0.05, 0) is 54.8 Å². The minimum Gasteiger partial charge on any atom is -0.292 e. The molecule has 21 heavy (non-hydrogen) atoms. The quantitative estimate of drug-likeness (QED) is 0.775. The van der Waals surface area contributed by atoms with Gasteiger partial charge in [0.25, 0.3) is 0 Å². The van der Waals surface area contributed by atoms with Crippen LogP contribution < -0.4 is 0 Å². The van der Waals surface area contributed by atoms with Crippen LogP contribution in [0.2, 0.25) is 5.02 Å². The van der Waals surface area contributed by atoms with E-state index in [-0.39, 0.29) is 6.04 Å². The molecule has 1 fully saturated rings. The van der Waals surface area contributed by atoms with E-state index in [0.717, 1.165) is 30.5 Å². The summed E-state index contributed by atoms with van der Waals surface area (Å²) in [6.07, 6.45) is 2.14. The smallest absolute Gasteiger partial charge is 0.126 e. The zero-order chi connectivity index (χ0) is 14.8. The zero-order valence-electron chi connectivity index (χ0n) is 11.5. The Hall–Kier alpha value is -1.45. The Bertz CT molecular complexity index is 607. The third-order valence-corrected chi connectivity index (χ3v) is 4.18. The van der Waals surface area contributed by atoms with Crippen LogP contribution in [0.15, 0.2) is 42.5 Å². The number of likely N-dealkylation sites (tertiary alicyclic amines) is 1. The van der Waals surface area contributed by atoms with Crippen molar-refractivity contribution in [2.75, 3.05) is 6.54 Å². The summed E-state index contributed by atoms with van der Waals surface area (Å²) in [6.45, 7) is 1.49. The highest BCUT2D eigenvalue weighted by Crippen LogP contribution is 2.33. The Balaban J connectivity index is 1.79. The lowest BCUT2D eigenvalue weighted by molar-refractivity contribution is 0.248. The van der Waals surface area contributed by atoms with Crippen LogP contribution in [0.4, 0.5) is 8.78 Å². The van der Waals surface area contributed by atoms with Crippen LogP contribution in [0.5, 0.6) is 0 Å². The van der Waals surface area contributed by atoms with E-state index in [9.17, 15) is 8.78 Å². The highest BCUT2D eigenvalue weighted by atomic mass is 35.5. The van der Waals surface area contributed by atoms with Gasteiger partial charge in [-0.2, -0.15) is 0 Å². The van der Waals surface area contributed by atoms with Crippen molar-refractivity contribution in [3.63, 3.8) is 0 Å². The number of hydrogen-bond acceptors (Lipinski definition) is 1. The van der Waals surface area contributed by atoms with Gasteiger partial charge in [0, 0.05) is 23.7 Å². The van der Waals surface area contributed by atoms with Crippen LogP contribution in [0.1, 0.15) is 30.0 Å². The first-order chi connectivity index (χ1) is 10.1. The molecule has 1 aliphatic rings. The Morgan fingerprint density at radius 3 is 2.38 bits per heavy atom. The molecule has 2 aromatic carbocycles.